The lowest BCUT2D eigenvalue weighted by Gasteiger charge is -2.40. The van der Waals surface area contributed by atoms with Gasteiger partial charge >= 0.3 is 12.1 Å². The highest BCUT2D eigenvalue weighted by molar-refractivity contribution is 6.34. The molecule has 14 nitrogen and oxygen atoms in total. The van der Waals surface area contributed by atoms with Gasteiger partial charge in [0, 0.05) is 45.5 Å². The van der Waals surface area contributed by atoms with Crippen LogP contribution in [0.1, 0.15) is 61.4 Å². The largest absolute Gasteiger partial charge is 0.453 e. The van der Waals surface area contributed by atoms with Crippen LogP contribution >= 0.6 is 11.6 Å². The Bertz CT molecular complexity index is 2040. The number of imidazole rings is 1. The summed E-state index contributed by atoms with van der Waals surface area (Å²) >= 11 is 6.73. The van der Waals surface area contributed by atoms with Crippen molar-refractivity contribution in [2.45, 2.75) is 58.7 Å². The fourth-order valence-electron chi connectivity index (χ4n) is 7.29. The zero-order chi connectivity index (χ0) is 39.4. The van der Waals surface area contributed by atoms with Crippen LogP contribution in [0.15, 0.2) is 60.9 Å². The summed E-state index contributed by atoms with van der Waals surface area (Å²) in [5.41, 5.74) is 5.47. The van der Waals surface area contributed by atoms with Crippen LogP contribution in [0.3, 0.4) is 0 Å². The Balaban J connectivity index is 1.10. The topological polar surface area (TPSA) is 165 Å². The first-order valence-corrected chi connectivity index (χ1v) is 18.9. The van der Waals surface area contributed by atoms with Crippen molar-refractivity contribution in [3.05, 3.63) is 82.9 Å². The maximum absolute atomic E-state index is 13.5. The molecular weight excluding hydrogens is 722 g/mol. The summed E-state index contributed by atoms with van der Waals surface area (Å²) in [6.45, 7) is 10.2. The van der Waals surface area contributed by atoms with Crippen LogP contribution in [-0.2, 0) is 9.53 Å². The van der Waals surface area contributed by atoms with Crippen molar-refractivity contribution in [3.63, 3.8) is 0 Å². The van der Waals surface area contributed by atoms with Gasteiger partial charge in [-0.3, -0.25) is 9.59 Å². The SMILES string of the molecule is CNC(=O)N1CCN(c2ccc(C(=O)Nc3cc(C)c(-c4ccc(-c5cnc([C@@H]6CCCN6C(=O)[C@@H](NC(=O)OC)C(C)C)[nH]5)cc4)cc3Cl)cn2)[C@H](C)C1. The second kappa shape index (κ2) is 16.8. The van der Waals surface area contributed by atoms with E-state index in [4.69, 9.17) is 16.3 Å². The van der Waals surface area contributed by atoms with Gasteiger partial charge in [-0.1, -0.05) is 49.7 Å². The molecular formula is C40H48ClN9O5. The van der Waals surface area contributed by atoms with Crippen molar-refractivity contribution >= 4 is 47.0 Å². The van der Waals surface area contributed by atoms with Gasteiger partial charge in [0.05, 0.1) is 41.3 Å². The number of benzene rings is 2. The van der Waals surface area contributed by atoms with Crippen LogP contribution in [0.2, 0.25) is 5.02 Å². The van der Waals surface area contributed by atoms with Gasteiger partial charge in [0.1, 0.15) is 17.7 Å². The fourth-order valence-corrected chi connectivity index (χ4v) is 7.50. The molecule has 0 radical (unpaired) electrons. The molecule has 0 bridgehead atoms. The third-order valence-corrected chi connectivity index (χ3v) is 10.7. The summed E-state index contributed by atoms with van der Waals surface area (Å²) < 4.78 is 4.75. The molecule has 2 saturated heterocycles. The summed E-state index contributed by atoms with van der Waals surface area (Å²) in [4.78, 5) is 69.1. The quantitative estimate of drug-likeness (QED) is 0.155. The van der Waals surface area contributed by atoms with Crippen LogP contribution in [0, 0.1) is 12.8 Å². The zero-order valence-corrected chi connectivity index (χ0v) is 32.7. The zero-order valence-electron chi connectivity index (χ0n) is 32.0. The number of alkyl carbamates (subject to hydrolysis) is 1. The van der Waals surface area contributed by atoms with E-state index in [0.29, 0.717) is 48.3 Å². The number of likely N-dealkylation sites (tertiary alicyclic amines) is 1. The molecule has 4 heterocycles. The van der Waals surface area contributed by atoms with Gasteiger partial charge in [-0.05, 0) is 79.1 Å². The Labute approximate surface area is 326 Å². The number of carbonyl (C=O) groups is 4. The molecule has 0 aliphatic carbocycles. The summed E-state index contributed by atoms with van der Waals surface area (Å²) in [7, 11) is 2.91. The van der Waals surface area contributed by atoms with Gasteiger partial charge in [0.2, 0.25) is 5.91 Å². The lowest BCUT2D eigenvalue weighted by molar-refractivity contribution is -0.135. The minimum atomic E-state index is -0.701. The van der Waals surface area contributed by atoms with E-state index in [0.717, 1.165) is 46.6 Å². The van der Waals surface area contributed by atoms with E-state index >= 15 is 0 Å². The van der Waals surface area contributed by atoms with E-state index in [1.165, 1.54) is 7.11 Å². The number of piperazine rings is 1. The fraction of sp³-hybridized carbons (Fsp3) is 0.400. The molecule has 15 heteroatoms. The highest BCUT2D eigenvalue weighted by atomic mass is 35.5. The van der Waals surface area contributed by atoms with Crippen LogP contribution < -0.4 is 20.9 Å². The highest BCUT2D eigenvalue weighted by Crippen LogP contribution is 2.35. The van der Waals surface area contributed by atoms with Crippen molar-refractivity contribution in [1.29, 1.82) is 0 Å². The maximum Gasteiger partial charge on any atom is 0.407 e. The number of H-pyrrole nitrogens is 1. The third kappa shape index (κ3) is 8.54. The first-order chi connectivity index (χ1) is 26.4. The molecule has 6 rings (SSSR count). The molecule has 55 heavy (non-hydrogen) atoms. The second-order valence-corrected chi connectivity index (χ2v) is 14.8. The monoisotopic (exact) mass is 769 g/mol. The van der Waals surface area contributed by atoms with Crippen molar-refractivity contribution in [3.8, 4) is 22.4 Å². The minimum Gasteiger partial charge on any atom is -0.453 e. The molecule has 4 N–H and O–H groups in total. The van der Waals surface area contributed by atoms with Crippen molar-refractivity contribution in [2.75, 3.05) is 50.6 Å². The van der Waals surface area contributed by atoms with E-state index in [-0.39, 0.29) is 35.8 Å². The smallest absolute Gasteiger partial charge is 0.407 e. The molecule has 2 aromatic heterocycles. The molecule has 290 valence electrons. The van der Waals surface area contributed by atoms with Crippen molar-refractivity contribution in [1.82, 2.24) is 35.4 Å². The van der Waals surface area contributed by atoms with Crippen LogP contribution in [0.5, 0.6) is 0 Å². The predicted octanol–water partition coefficient (Wildman–Crippen LogP) is 6.25. The van der Waals surface area contributed by atoms with E-state index in [1.807, 2.05) is 70.2 Å². The summed E-state index contributed by atoms with van der Waals surface area (Å²) in [5.74, 6) is 0.851. The van der Waals surface area contributed by atoms with Gasteiger partial charge in [-0.15, -0.1) is 0 Å². The average Bonchev–Trinajstić information content (AvgIpc) is 3.88. The number of urea groups is 1. The van der Waals surface area contributed by atoms with Gasteiger partial charge in [-0.2, -0.15) is 0 Å². The number of nitrogens with one attached hydrogen (secondary N) is 4. The number of carbonyl (C=O) groups excluding carboxylic acids is 4. The molecule has 0 saturated carbocycles. The van der Waals surface area contributed by atoms with Crippen LogP contribution in [-0.4, -0.2) is 101 Å². The van der Waals surface area contributed by atoms with E-state index in [9.17, 15) is 19.2 Å². The van der Waals surface area contributed by atoms with Crippen LogP contribution in [0.25, 0.3) is 22.4 Å². The normalized spacial score (nSPS) is 17.6. The van der Waals surface area contributed by atoms with E-state index < -0.39 is 12.1 Å². The molecule has 0 unspecified atom stereocenters. The number of amides is 5. The van der Waals surface area contributed by atoms with Gasteiger partial charge < -0.3 is 40.4 Å². The molecule has 0 spiro atoms. The number of aromatic amines is 1. The number of hydrogen-bond acceptors (Lipinski definition) is 8. The standard InChI is InChI=1S/C40H48ClN9O5/c1-23(2)35(47-40(54)55-6)38(52)50-15-7-8-33(50)36-44-21-32(45-36)27-11-9-26(10-12-27)29-19-30(41)31(18-24(29)3)46-37(51)28-13-14-34(43-20-28)49-17-16-48(22-25(49)4)39(53)42-5/h9-14,18-21,23,25,33,35H,7-8,15-17,22H2,1-6H3,(H,42,53)(H,44,45)(H,46,51)(H,47,54)/t25-,33+,35+/m1/s1. The van der Waals surface area contributed by atoms with E-state index in [2.05, 4.69) is 35.8 Å². The summed E-state index contributed by atoms with van der Waals surface area (Å²) in [5, 5.41) is 8.69. The van der Waals surface area contributed by atoms with Crippen molar-refractivity contribution in [2.24, 2.45) is 5.92 Å². The third-order valence-electron chi connectivity index (χ3n) is 10.3. The summed E-state index contributed by atoms with van der Waals surface area (Å²) in [6, 6.07) is 14.3. The number of rotatable bonds is 9. The molecule has 2 aliphatic rings. The Morgan fingerprint density at radius 3 is 2.38 bits per heavy atom. The molecule has 2 fully saturated rings. The number of methoxy groups -OCH3 is 1. The predicted molar refractivity (Wildman–Crippen MR) is 212 cm³/mol. The van der Waals surface area contributed by atoms with Gasteiger partial charge in [-0.25, -0.2) is 19.6 Å². The lowest BCUT2D eigenvalue weighted by atomic mass is 9.98. The lowest BCUT2D eigenvalue weighted by Crippen LogP contribution is -2.55. The highest BCUT2D eigenvalue weighted by Gasteiger charge is 2.37. The van der Waals surface area contributed by atoms with Gasteiger partial charge in [0.15, 0.2) is 0 Å². The van der Waals surface area contributed by atoms with Crippen molar-refractivity contribution < 1.29 is 23.9 Å². The van der Waals surface area contributed by atoms with Gasteiger partial charge in [0.25, 0.3) is 5.91 Å². The number of anilines is 2. The number of aromatic nitrogens is 3. The van der Waals surface area contributed by atoms with E-state index in [1.54, 1.807) is 35.3 Å². The Morgan fingerprint density at radius 2 is 1.73 bits per heavy atom. The number of hydrogen-bond donors (Lipinski definition) is 4. The Kier molecular flexibility index (Phi) is 11.9. The Hall–Kier alpha value is -5.63. The molecule has 3 atom stereocenters. The number of nitrogens with zero attached hydrogens (tertiary/aromatic N) is 5. The van der Waals surface area contributed by atoms with Crippen LogP contribution in [0.4, 0.5) is 21.1 Å². The molecule has 2 aromatic carbocycles. The molecule has 2 aliphatic heterocycles. The summed E-state index contributed by atoms with van der Waals surface area (Å²) in [6.07, 6.45) is 4.29. The first kappa shape index (κ1) is 39.1. The average molecular weight is 770 g/mol. The number of pyridine rings is 1. The Morgan fingerprint density at radius 1 is 0.982 bits per heavy atom. The number of halogens is 1. The molecule has 5 amide bonds. The maximum atomic E-state index is 13.5. The molecule has 4 aromatic rings. The number of ether oxygens (including phenoxy) is 1. The number of aryl methyl sites for hydroxylation is 1. The minimum absolute atomic E-state index is 0.0718. The second-order valence-electron chi connectivity index (χ2n) is 14.4. The first-order valence-electron chi connectivity index (χ1n) is 18.5.